The number of hydrogen-bond acceptors (Lipinski definition) is 2. The van der Waals surface area contributed by atoms with Crippen LogP contribution < -0.4 is 5.73 Å². The molecule has 0 aliphatic carbocycles. The molecule has 1 rings (SSSR count). The zero-order valence-corrected chi connectivity index (χ0v) is 8.42. The molecule has 1 saturated heterocycles. The summed E-state index contributed by atoms with van der Waals surface area (Å²) in [5.74, 6) is 0. The van der Waals surface area contributed by atoms with E-state index >= 15 is 0 Å². The zero-order chi connectivity index (χ0) is 8.97. The van der Waals surface area contributed by atoms with Crippen LogP contribution in [0.25, 0.3) is 0 Å². The number of piperidine rings is 1. The van der Waals surface area contributed by atoms with Gasteiger partial charge in [-0.1, -0.05) is 6.42 Å². The minimum atomic E-state index is 0.685. The lowest BCUT2D eigenvalue weighted by molar-refractivity contribution is 0.110. The van der Waals surface area contributed by atoms with Crippen molar-refractivity contribution >= 4 is 0 Å². The molecule has 0 aromatic carbocycles. The van der Waals surface area contributed by atoms with Crippen molar-refractivity contribution < 1.29 is 0 Å². The van der Waals surface area contributed by atoms with Crippen LogP contribution in [0.5, 0.6) is 0 Å². The van der Waals surface area contributed by atoms with Gasteiger partial charge in [-0.3, -0.25) is 4.90 Å². The normalized spacial score (nSPS) is 28.8. The van der Waals surface area contributed by atoms with E-state index in [0.717, 1.165) is 19.0 Å². The first-order valence-electron chi connectivity index (χ1n) is 5.21. The highest BCUT2D eigenvalue weighted by molar-refractivity contribution is 4.77. The van der Waals surface area contributed by atoms with E-state index < -0.39 is 0 Å². The van der Waals surface area contributed by atoms with Gasteiger partial charge in [0.15, 0.2) is 0 Å². The average molecular weight is 170 g/mol. The smallest absolute Gasteiger partial charge is 0.00817 e. The Labute approximate surface area is 76.1 Å². The summed E-state index contributed by atoms with van der Waals surface area (Å²) in [5.41, 5.74) is 5.55. The number of nitrogens with zero attached hydrogens (tertiary/aromatic N) is 1. The van der Waals surface area contributed by atoms with E-state index in [1.54, 1.807) is 0 Å². The van der Waals surface area contributed by atoms with Crippen LogP contribution in [0.4, 0.5) is 0 Å². The fourth-order valence-corrected chi connectivity index (χ4v) is 2.18. The van der Waals surface area contributed by atoms with Crippen LogP contribution in [0.1, 0.15) is 39.5 Å². The van der Waals surface area contributed by atoms with Crippen LogP contribution in [0.15, 0.2) is 0 Å². The molecule has 0 amide bonds. The Hall–Kier alpha value is -0.0800. The van der Waals surface area contributed by atoms with E-state index in [0.29, 0.717) is 6.04 Å². The van der Waals surface area contributed by atoms with Crippen molar-refractivity contribution in [2.24, 2.45) is 5.73 Å². The Morgan fingerprint density at radius 3 is 2.83 bits per heavy atom. The molecule has 0 aromatic rings. The number of nitrogens with two attached hydrogens (primary N) is 1. The van der Waals surface area contributed by atoms with E-state index in [1.165, 1.54) is 25.8 Å². The van der Waals surface area contributed by atoms with E-state index in [-0.39, 0.29) is 0 Å². The van der Waals surface area contributed by atoms with Gasteiger partial charge in [-0.25, -0.2) is 0 Å². The molecule has 2 atom stereocenters. The summed E-state index contributed by atoms with van der Waals surface area (Å²) in [6.45, 7) is 6.74. The monoisotopic (exact) mass is 170 g/mol. The number of likely N-dealkylation sites (tertiary alicyclic amines) is 1. The third-order valence-electron chi connectivity index (χ3n) is 3.00. The van der Waals surface area contributed by atoms with Gasteiger partial charge in [0.05, 0.1) is 0 Å². The van der Waals surface area contributed by atoms with E-state index in [4.69, 9.17) is 5.73 Å². The molecule has 0 bridgehead atoms. The molecule has 1 aliphatic rings. The predicted octanol–water partition coefficient (Wildman–Crippen LogP) is 1.60. The van der Waals surface area contributed by atoms with Crippen molar-refractivity contribution in [1.29, 1.82) is 0 Å². The van der Waals surface area contributed by atoms with Gasteiger partial charge in [0.1, 0.15) is 0 Å². The largest absolute Gasteiger partial charge is 0.330 e. The number of rotatable bonds is 3. The standard InChI is InChI=1S/C10H22N2/c1-9-5-3-4-8-12(9)10(2)6-7-11/h9-10H,3-8,11H2,1-2H3. The Bertz CT molecular complexity index is 125. The Balaban J connectivity index is 2.36. The first-order valence-corrected chi connectivity index (χ1v) is 5.21. The summed E-state index contributed by atoms with van der Waals surface area (Å²) in [4.78, 5) is 2.61. The van der Waals surface area contributed by atoms with Gasteiger partial charge in [0.2, 0.25) is 0 Å². The minimum Gasteiger partial charge on any atom is -0.330 e. The summed E-state index contributed by atoms with van der Waals surface area (Å²) in [5, 5.41) is 0. The predicted molar refractivity (Wildman–Crippen MR) is 53.2 cm³/mol. The summed E-state index contributed by atoms with van der Waals surface area (Å²) in [7, 11) is 0. The molecule has 2 nitrogen and oxygen atoms in total. The zero-order valence-electron chi connectivity index (χ0n) is 8.42. The second-order valence-electron chi connectivity index (χ2n) is 4.01. The van der Waals surface area contributed by atoms with Crippen molar-refractivity contribution in [2.45, 2.75) is 51.6 Å². The molecule has 1 aliphatic heterocycles. The lowest BCUT2D eigenvalue weighted by Gasteiger charge is -2.38. The first kappa shape index (κ1) is 10.0. The lowest BCUT2D eigenvalue weighted by atomic mass is 10.0. The maximum absolute atomic E-state index is 5.55. The van der Waals surface area contributed by atoms with Gasteiger partial charge >= 0.3 is 0 Å². The lowest BCUT2D eigenvalue weighted by Crippen LogP contribution is -2.44. The van der Waals surface area contributed by atoms with Crippen LogP contribution in [0.2, 0.25) is 0 Å². The van der Waals surface area contributed by atoms with E-state index in [9.17, 15) is 0 Å². The minimum absolute atomic E-state index is 0.685. The molecule has 2 heteroatoms. The second-order valence-corrected chi connectivity index (χ2v) is 4.01. The Morgan fingerprint density at radius 2 is 2.25 bits per heavy atom. The Morgan fingerprint density at radius 1 is 1.50 bits per heavy atom. The van der Waals surface area contributed by atoms with Crippen LogP contribution in [0, 0.1) is 0 Å². The molecule has 0 aromatic heterocycles. The molecule has 1 heterocycles. The second kappa shape index (κ2) is 4.83. The topological polar surface area (TPSA) is 29.3 Å². The highest BCUT2D eigenvalue weighted by Gasteiger charge is 2.21. The molecular weight excluding hydrogens is 148 g/mol. The molecule has 12 heavy (non-hydrogen) atoms. The van der Waals surface area contributed by atoms with Gasteiger partial charge in [0, 0.05) is 12.1 Å². The summed E-state index contributed by atoms with van der Waals surface area (Å²) in [6, 6.07) is 1.46. The van der Waals surface area contributed by atoms with Gasteiger partial charge in [-0.2, -0.15) is 0 Å². The molecule has 2 unspecified atom stereocenters. The Kier molecular flexibility index (Phi) is 4.02. The molecule has 0 radical (unpaired) electrons. The van der Waals surface area contributed by atoms with Crippen LogP contribution in [-0.2, 0) is 0 Å². The quantitative estimate of drug-likeness (QED) is 0.697. The SMILES string of the molecule is CC(CCN)N1CCCCC1C. The van der Waals surface area contributed by atoms with E-state index in [2.05, 4.69) is 18.7 Å². The third kappa shape index (κ3) is 2.46. The molecule has 0 spiro atoms. The highest BCUT2D eigenvalue weighted by atomic mass is 15.2. The molecule has 0 saturated carbocycles. The molecular formula is C10H22N2. The van der Waals surface area contributed by atoms with Crippen molar-refractivity contribution in [2.75, 3.05) is 13.1 Å². The van der Waals surface area contributed by atoms with Gasteiger partial charge in [0.25, 0.3) is 0 Å². The van der Waals surface area contributed by atoms with Crippen molar-refractivity contribution in [3.63, 3.8) is 0 Å². The van der Waals surface area contributed by atoms with Crippen LogP contribution in [-0.4, -0.2) is 30.1 Å². The van der Waals surface area contributed by atoms with Crippen molar-refractivity contribution in [1.82, 2.24) is 4.90 Å². The molecule has 2 N–H and O–H groups in total. The molecule has 1 fully saturated rings. The fourth-order valence-electron chi connectivity index (χ4n) is 2.18. The van der Waals surface area contributed by atoms with Crippen LogP contribution >= 0.6 is 0 Å². The van der Waals surface area contributed by atoms with Gasteiger partial charge in [-0.15, -0.1) is 0 Å². The number of hydrogen-bond donors (Lipinski definition) is 1. The maximum Gasteiger partial charge on any atom is 0.00817 e. The van der Waals surface area contributed by atoms with Crippen molar-refractivity contribution in [3.05, 3.63) is 0 Å². The van der Waals surface area contributed by atoms with Gasteiger partial charge in [-0.05, 0) is 46.2 Å². The maximum atomic E-state index is 5.55. The summed E-state index contributed by atoms with van der Waals surface area (Å²) < 4.78 is 0. The van der Waals surface area contributed by atoms with Crippen LogP contribution in [0.3, 0.4) is 0 Å². The average Bonchev–Trinajstić information content (AvgIpc) is 2.05. The third-order valence-corrected chi connectivity index (χ3v) is 3.00. The fraction of sp³-hybridized carbons (Fsp3) is 1.00. The highest BCUT2D eigenvalue weighted by Crippen LogP contribution is 2.19. The summed E-state index contributed by atoms with van der Waals surface area (Å²) >= 11 is 0. The summed E-state index contributed by atoms with van der Waals surface area (Å²) in [6.07, 6.45) is 5.30. The van der Waals surface area contributed by atoms with E-state index in [1.807, 2.05) is 0 Å². The van der Waals surface area contributed by atoms with Gasteiger partial charge < -0.3 is 5.73 Å². The van der Waals surface area contributed by atoms with Crippen molar-refractivity contribution in [3.8, 4) is 0 Å². The molecule has 72 valence electrons. The first-order chi connectivity index (χ1) is 5.75.